The fourth-order valence-corrected chi connectivity index (χ4v) is 3.67. The van der Waals surface area contributed by atoms with Crippen molar-refractivity contribution in [1.29, 1.82) is 0 Å². The van der Waals surface area contributed by atoms with Gasteiger partial charge in [-0.05, 0) is 51.2 Å². The van der Waals surface area contributed by atoms with Crippen LogP contribution in [-0.4, -0.2) is 33.5 Å². The number of benzene rings is 1. The first-order valence-corrected chi connectivity index (χ1v) is 9.66. The Morgan fingerprint density at radius 3 is 2.57 bits per heavy atom. The lowest BCUT2D eigenvalue weighted by molar-refractivity contribution is -0.199. The van der Waals surface area contributed by atoms with Crippen molar-refractivity contribution in [3.63, 3.8) is 0 Å². The maximum atomic E-state index is 12.2. The van der Waals surface area contributed by atoms with Crippen LogP contribution in [0.3, 0.4) is 0 Å². The quantitative estimate of drug-likeness (QED) is 0.714. The highest BCUT2D eigenvalue weighted by Crippen LogP contribution is 2.44. The molecule has 0 N–H and O–H groups in total. The summed E-state index contributed by atoms with van der Waals surface area (Å²) in [5.41, 5.74) is 0.770. The molecule has 0 bridgehead atoms. The normalized spacial score (nSPS) is 23.6. The first-order valence-electron chi connectivity index (χ1n) is 8.25. The molecule has 1 aromatic rings. The predicted molar refractivity (Wildman–Crippen MR) is 85.6 cm³/mol. The molecule has 2 fully saturated rings. The predicted octanol–water partition coefficient (Wildman–Crippen LogP) is 3.17. The molecule has 0 radical (unpaired) electrons. The van der Waals surface area contributed by atoms with Crippen molar-refractivity contribution >= 4 is 10.1 Å². The Hall–Kier alpha value is -0.950. The third-order valence-corrected chi connectivity index (χ3v) is 5.76. The van der Waals surface area contributed by atoms with E-state index in [-0.39, 0.29) is 23.4 Å². The largest absolute Gasteiger partial charge is 0.353 e. The molecule has 0 amide bonds. The fraction of sp³-hybridized carbons (Fsp3) is 0.647. The summed E-state index contributed by atoms with van der Waals surface area (Å²) in [6.45, 7) is 2.81. The summed E-state index contributed by atoms with van der Waals surface area (Å²) in [5, 5.41) is 0. The van der Waals surface area contributed by atoms with Crippen molar-refractivity contribution < 1.29 is 22.1 Å². The highest BCUT2D eigenvalue weighted by atomic mass is 32.2. The average Bonchev–Trinajstić information content (AvgIpc) is 3.28. The van der Waals surface area contributed by atoms with E-state index in [4.69, 9.17) is 13.7 Å². The van der Waals surface area contributed by atoms with Gasteiger partial charge in [-0.3, -0.25) is 4.18 Å². The number of rotatable bonds is 7. The number of aryl methyl sites for hydroxylation is 1. The van der Waals surface area contributed by atoms with E-state index >= 15 is 0 Å². The van der Waals surface area contributed by atoms with E-state index in [2.05, 4.69) is 0 Å². The minimum absolute atomic E-state index is 0.139. The second-order valence-corrected chi connectivity index (χ2v) is 8.05. The Balaban J connectivity index is 1.49. The first kappa shape index (κ1) is 16.9. The van der Waals surface area contributed by atoms with Crippen LogP contribution in [-0.2, 0) is 23.8 Å². The fourth-order valence-electron chi connectivity index (χ4n) is 2.76. The highest BCUT2D eigenvalue weighted by Gasteiger charge is 2.46. The van der Waals surface area contributed by atoms with Gasteiger partial charge in [-0.1, -0.05) is 17.7 Å². The van der Waals surface area contributed by atoms with Crippen LogP contribution in [0.5, 0.6) is 0 Å². The average molecular weight is 340 g/mol. The zero-order valence-corrected chi connectivity index (χ0v) is 14.3. The standard InChI is InChI=1S/C17H24O5S/c1-14-5-7-15(8-6-14)23(18,19)21-13-11-17(9-10-17)22-16-4-2-3-12-20-16/h5-8,16H,2-4,9-13H2,1H3. The van der Waals surface area contributed by atoms with E-state index in [1.807, 2.05) is 6.92 Å². The Morgan fingerprint density at radius 2 is 1.96 bits per heavy atom. The van der Waals surface area contributed by atoms with Crippen LogP contribution in [0.4, 0.5) is 0 Å². The van der Waals surface area contributed by atoms with Gasteiger partial charge in [0.1, 0.15) is 0 Å². The lowest BCUT2D eigenvalue weighted by atomic mass is 10.2. The molecule has 1 atom stereocenters. The van der Waals surface area contributed by atoms with Gasteiger partial charge in [0.25, 0.3) is 10.1 Å². The Bertz CT molecular complexity index is 613. The van der Waals surface area contributed by atoms with Gasteiger partial charge in [0.05, 0.1) is 17.1 Å². The van der Waals surface area contributed by atoms with E-state index in [0.717, 1.165) is 44.3 Å². The third-order valence-electron chi connectivity index (χ3n) is 4.43. The Kier molecular flexibility index (Phi) is 5.06. The second-order valence-electron chi connectivity index (χ2n) is 6.44. The third kappa shape index (κ3) is 4.53. The molecule has 1 heterocycles. The molecule has 128 valence electrons. The number of hydrogen-bond acceptors (Lipinski definition) is 5. The summed E-state index contributed by atoms with van der Waals surface area (Å²) in [7, 11) is -3.69. The molecule has 0 spiro atoms. The summed E-state index contributed by atoms with van der Waals surface area (Å²) >= 11 is 0. The van der Waals surface area contributed by atoms with Gasteiger partial charge in [0.2, 0.25) is 0 Å². The van der Waals surface area contributed by atoms with Crippen LogP contribution < -0.4 is 0 Å². The monoisotopic (exact) mass is 340 g/mol. The Morgan fingerprint density at radius 1 is 1.22 bits per heavy atom. The zero-order chi connectivity index (χ0) is 16.3. The summed E-state index contributed by atoms with van der Waals surface area (Å²) in [4.78, 5) is 0.199. The van der Waals surface area contributed by atoms with Crippen molar-refractivity contribution in [2.45, 2.75) is 62.2 Å². The maximum absolute atomic E-state index is 12.2. The second kappa shape index (κ2) is 6.89. The van der Waals surface area contributed by atoms with Gasteiger partial charge in [-0.25, -0.2) is 0 Å². The smallest absolute Gasteiger partial charge is 0.296 e. The minimum atomic E-state index is -3.69. The number of ether oxygens (including phenoxy) is 2. The summed E-state index contributed by atoms with van der Waals surface area (Å²) in [6.07, 6.45) is 5.47. The SMILES string of the molecule is Cc1ccc(S(=O)(=O)OCCC2(OC3CCCCO3)CC2)cc1. The van der Waals surface area contributed by atoms with Crippen molar-refractivity contribution in [1.82, 2.24) is 0 Å². The molecule has 1 aliphatic heterocycles. The summed E-state index contributed by atoms with van der Waals surface area (Å²) < 4.78 is 41.1. The van der Waals surface area contributed by atoms with Crippen molar-refractivity contribution in [2.24, 2.45) is 0 Å². The summed E-state index contributed by atoms with van der Waals surface area (Å²) in [5.74, 6) is 0. The van der Waals surface area contributed by atoms with Crippen LogP contribution in [0.25, 0.3) is 0 Å². The number of hydrogen-bond donors (Lipinski definition) is 0. The van der Waals surface area contributed by atoms with Gasteiger partial charge in [-0.15, -0.1) is 0 Å². The molecular formula is C17H24O5S. The van der Waals surface area contributed by atoms with E-state index < -0.39 is 10.1 Å². The van der Waals surface area contributed by atoms with Crippen LogP contribution >= 0.6 is 0 Å². The molecule has 0 aromatic heterocycles. The van der Waals surface area contributed by atoms with Gasteiger partial charge >= 0.3 is 0 Å². The van der Waals surface area contributed by atoms with Crippen LogP contribution in [0.1, 0.15) is 44.1 Å². The molecule has 1 saturated heterocycles. The molecule has 3 rings (SSSR count). The zero-order valence-electron chi connectivity index (χ0n) is 13.5. The molecule has 1 saturated carbocycles. The van der Waals surface area contributed by atoms with Gasteiger partial charge in [0.15, 0.2) is 6.29 Å². The first-order chi connectivity index (χ1) is 11.0. The minimum Gasteiger partial charge on any atom is -0.353 e. The maximum Gasteiger partial charge on any atom is 0.296 e. The molecule has 23 heavy (non-hydrogen) atoms. The van der Waals surface area contributed by atoms with E-state index in [0.29, 0.717) is 6.42 Å². The van der Waals surface area contributed by atoms with Crippen molar-refractivity contribution in [3.8, 4) is 0 Å². The lowest BCUT2D eigenvalue weighted by Crippen LogP contribution is -2.30. The van der Waals surface area contributed by atoms with E-state index in [1.165, 1.54) is 0 Å². The van der Waals surface area contributed by atoms with Crippen molar-refractivity contribution in [2.75, 3.05) is 13.2 Å². The Labute approximate surface area is 138 Å². The van der Waals surface area contributed by atoms with Crippen LogP contribution in [0.2, 0.25) is 0 Å². The van der Waals surface area contributed by atoms with Gasteiger partial charge in [-0.2, -0.15) is 8.42 Å². The van der Waals surface area contributed by atoms with Crippen molar-refractivity contribution in [3.05, 3.63) is 29.8 Å². The highest BCUT2D eigenvalue weighted by molar-refractivity contribution is 7.86. The lowest BCUT2D eigenvalue weighted by Gasteiger charge is -2.27. The van der Waals surface area contributed by atoms with Crippen LogP contribution in [0, 0.1) is 6.92 Å². The molecule has 5 nitrogen and oxygen atoms in total. The van der Waals surface area contributed by atoms with E-state index in [1.54, 1.807) is 24.3 Å². The topological polar surface area (TPSA) is 61.8 Å². The molecule has 1 unspecified atom stereocenters. The molecule has 1 aromatic carbocycles. The van der Waals surface area contributed by atoms with Crippen LogP contribution in [0.15, 0.2) is 29.2 Å². The van der Waals surface area contributed by atoms with Gasteiger partial charge < -0.3 is 9.47 Å². The molecule has 2 aliphatic rings. The molecule has 1 aliphatic carbocycles. The summed E-state index contributed by atoms with van der Waals surface area (Å²) in [6, 6.07) is 6.68. The van der Waals surface area contributed by atoms with Gasteiger partial charge in [0, 0.05) is 13.0 Å². The van der Waals surface area contributed by atoms with E-state index in [9.17, 15) is 8.42 Å². The molecule has 6 heteroatoms. The molecular weight excluding hydrogens is 316 g/mol.